The Morgan fingerprint density at radius 3 is 2.52 bits per heavy atom. The summed E-state index contributed by atoms with van der Waals surface area (Å²) in [6.07, 6.45) is -4.62. The molecule has 0 bridgehead atoms. The van der Waals surface area contributed by atoms with Crippen LogP contribution in [0.1, 0.15) is 11.3 Å². The summed E-state index contributed by atoms with van der Waals surface area (Å²) in [7, 11) is 1.51. The van der Waals surface area contributed by atoms with E-state index in [1.54, 1.807) is 24.3 Å². The summed E-state index contributed by atoms with van der Waals surface area (Å²) in [5, 5.41) is -0.416. The fraction of sp³-hybridized carbons (Fsp3) is 0.294. The monoisotopic (exact) mass is 351 g/mol. The maximum atomic E-state index is 13.3. The number of aromatic nitrogens is 3. The largest absolute Gasteiger partial charge is 0.492 e. The number of ether oxygens (including phenoxy) is 1. The Morgan fingerprint density at radius 2 is 1.88 bits per heavy atom. The highest BCUT2D eigenvalue weighted by Gasteiger charge is 2.35. The molecular weight excluding hydrogens is 335 g/mol. The summed E-state index contributed by atoms with van der Waals surface area (Å²) in [4.78, 5) is 16.6. The van der Waals surface area contributed by atoms with Gasteiger partial charge in [0.25, 0.3) is 5.56 Å². The van der Waals surface area contributed by atoms with Crippen molar-refractivity contribution in [3.05, 3.63) is 58.0 Å². The summed E-state index contributed by atoms with van der Waals surface area (Å²) < 4.78 is 47.9. The standard InChI is InChI=1S/C17H16F3N3O2/c1-11-10-13(17(18,19)20)14-15(21-11)22(2)23(16(14)24)8-9-25-12-6-4-3-5-7-12/h3-7,10H,8-9H2,1-2H3. The summed E-state index contributed by atoms with van der Waals surface area (Å²) in [5.41, 5.74) is -1.47. The number of aryl methyl sites for hydroxylation is 2. The molecule has 25 heavy (non-hydrogen) atoms. The number of para-hydroxylation sites is 1. The third kappa shape index (κ3) is 3.24. The lowest BCUT2D eigenvalue weighted by Crippen LogP contribution is -2.25. The molecule has 0 saturated carbocycles. The van der Waals surface area contributed by atoms with Crippen LogP contribution in [0.3, 0.4) is 0 Å². The number of alkyl halides is 3. The minimum atomic E-state index is -4.62. The Balaban J connectivity index is 1.98. The van der Waals surface area contributed by atoms with Crippen LogP contribution in [0.25, 0.3) is 11.0 Å². The highest BCUT2D eigenvalue weighted by molar-refractivity contribution is 5.79. The summed E-state index contributed by atoms with van der Waals surface area (Å²) in [6.45, 7) is 1.72. The van der Waals surface area contributed by atoms with Gasteiger partial charge in [0.2, 0.25) is 0 Å². The van der Waals surface area contributed by atoms with Crippen LogP contribution < -0.4 is 10.3 Å². The van der Waals surface area contributed by atoms with Crippen molar-refractivity contribution in [1.29, 1.82) is 0 Å². The lowest BCUT2D eigenvalue weighted by atomic mass is 10.1. The normalized spacial score (nSPS) is 11.9. The summed E-state index contributed by atoms with van der Waals surface area (Å²) >= 11 is 0. The first-order chi connectivity index (χ1) is 11.8. The lowest BCUT2D eigenvalue weighted by Gasteiger charge is -2.09. The Morgan fingerprint density at radius 1 is 1.20 bits per heavy atom. The number of halogens is 3. The van der Waals surface area contributed by atoms with Gasteiger partial charge in [-0.2, -0.15) is 13.2 Å². The van der Waals surface area contributed by atoms with Crippen LogP contribution in [0.2, 0.25) is 0 Å². The molecule has 0 amide bonds. The van der Waals surface area contributed by atoms with Crippen LogP contribution in [0, 0.1) is 6.92 Å². The number of hydrogen-bond acceptors (Lipinski definition) is 3. The molecule has 0 atom stereocenters. The lowest BCUT2D eigenvalue weighted by molar-refractivity contribution is -0.136. The quantitative estimate of drug-likeness (QED) is 0.726. The van der Waals surface area contributed by atoms with E-state index in [4.69, 9.17) is 4.74 Å². The zero-order chi connectivity index (χ0) is 18.2. The predicted octanol–water partition coefficient (Wildman–Crippen LogP) is 3.14. The van der Waals surface area contributed by atoms with Gasteiger partial charge in [-0.15, -0.1) is 0 Å². The molecule has 0 spiro atoms. The van der Waals surface area contributed by atoms with Gasteiger partial charge in [-0.1, -0.05) is 18.2 Å². The second kappa shape index (κ2) is 6.27. The van der Waals surface area contributed by atoms with Gasteiger partial charge in [0, 0.05) is 12.7 Å². The summed E-state index contributed by atoms with van der Waals surface area (Å²) in [5.74, 6) is 0.624. The van der Waals surface area contributed by atoms with Crippen LogP contribution in [0.15, 0.2) is 41.2 Å². The predicted molar refractivity (Wildman–Crippen MR) is 86.7 cm³/mol. The third-order valence-electron chi connectivity index (χ3n) is 3.87. The molecule has 1 aromatic carbocycles. The molecule has 0 N–H and O–H groups in total. The second-order valence-electron chi connectivity index (χ2n) is 5.62. The van der Waals surface area contributed by atoms with Crippen LogP contribution in [0.4, 0.5) is 13.2 Å². The second-order valence-corrected chi connectivity index (χ2v) is 5.62. The van der Waals surface area contributed by atoms with Gasteiger partial charge >= 0.3 is 6.18 Å². The fourth-order valence-electron chi connectivity index (χ4n) is 2.72. The van der Waals surface area contributed by atoms with Gasteiger partial charge in [0.15, 0.2) is 5.65 Å². The van der Waals surface area contributed by atoms with Gasteiger partial charge in [-0.25, -0.2) is 9.67 Å². The average molecular weight is 351 g/mol. The molecule has 5 nitrogen and oxygen atoms in total. The van der Waals surface area contributed by atoms with Gasteiger partial charge in [-0.3, -0.25) is 9.48 Å². The molecule has 2 aromatic heterocycles. The van der Waals surface area contributed by atoms with E-state index in [1.165, 1.54) is 23.3 Å². The molecular formula is C17H16F3N3O2. The Labute approximate surface area is 141 Å². The van der Waals surface area contributed by atoms with Crippen molar-refractivity contribution in [3.8, 4) is 5.75 Å². The fourth-order valence-corrected chi connectivity index (χ4v) is 2.72. The van der Waals surface area contributed by atoms with E-state index in [0.717, 1.165) is 6.07 Å². The van der Waals surface area contributed by atoms with Gasteiger partial charge < -0.3 is 4.74 Å². The minimum absolute atomic E-state index is 0.0111. The molecule has 3 aromatic rings. The summed E-state index contributed by atoms with van der Waals surface area (Å²) in [6, 6.07) is 9.87. The number of hydrogen-bond donors (Lipinski definition) is 0. The van der Waals surface area contributed by atoms with Crippen molar-refractivity contribution < 1.29 is 17.9 Å². The molecule has 0 aliphatic carbocycles. The Bertz CT molecular complexity index is 959. The topological polar surface area (TPSA) is 49.0 Å². The molecule has 0 aliphatic rings. The molecule has 0 fully saturated rings. The first-order valence-electron chi connectivity index (χ1n) is 7.61. The SMILES string of the molecule is Cc1cc(C(F)(F)F)c2c(=O)n(CCOc3ccccc3)n(C)c2n1. The van der Waals surface area contributed by atoms with E-state index >= 15 is 0 Å². The van der Waals surface area contributed by atoms with E-state index in [9.17, 15) is 18.0 Å². The Kier molecular flexibility index (Phi) is 4.28. The van der Waals surface area contributed by atoms with E-state index < -0.39 is 22.7 Å². The molecule has 0 aliphatic heterocycles. The molecule has 0 saturated heterocycles. The van der Waals surface area contributed by atoms with Crippen molar-refractivity contribution in [2.45, 2.75) is 19.6 Å². The first-order valence-corrected chi connectivity index (χ1v) is 7.61. The minimum Gasteiger partial charge on any atom is -0.492 e. The number of fused-ring (bicyclic) bond motifs is 1. The third-order valence-corrected chi connectivity index (χ3v) is 3.87. The number of benzene rings is 1. The van der Waals surface area contributed by atoms with Crippen molar-refractivity contribution in [2.75, 3.05) is 6.61 Å². The van der Waals surface area contributed by atoms with Gasteiger partial charge in [-0.05, 0) is 25.1 Å². The Hall–Kier alpha value is -2.77. The van der Waals surface area contributed by atoms with Crippen LogP contribution in [-0.2, 0) is 19.8 Å². The van der Waals surface area contributed by atoms with Gasteiger partial charge in [0.05, 0.1) is 17.5 Å². The average Bonchev–Trinajstić information content (AvgIpc) is 2.79. The van der Waals surface area contributed by atoms with Crippen LogP contribution in [0.5, 0.6) is 5.75 Å². The zero-order valence-corrected chi connectivity index (χ0v) is 13.7. The van der Waals surface area contributed by atoms with E-state index in [0.29, 0.717) is 5.75 Å². The van der Waals surface area contributed by atoms with Crippen molar-refractivity contribution >= 4 is 11.0 Å². The van der Waals surface area contributed by atoms with E-state index in [1.807, 2.05) is 6.07 Å². The van der Waals surface area contributed by atoms with Gasteiger partial charge in [0.1, 0.15) is 12.4 Å². The van der Waals surface area contributed by atoms with Crippen molar-refractivity contribution in [3.63, 3.8) is 0 Å². The van der Waals surface area contributed by atoms with E-state index in [-0.39, 0.29) is 24.5 Å². The smallest absolute Gasteiger partial charge is 0.417 e. The number of pyridine rings is 1. The van der Waals surface area contributed by atoms with E-state index in [2.05, 4.69) is 4.98 Å². The first kappa shape index (κ1) is 17.1. The highest BCUT2D eigenvalue weighted by Crippen LogP contribution is 2.33. The van der Waals surface area contributed by atoms with Crippen molar-refractivity contribution in [1.82, 2.24) is 14.3 Å². The zero-order valence-electron chi connectivity index (χ0n) is 13.7. The van der Waals surface area contributed by atoms with Crippen LogP contribution in [-0.4, -0.2) is 21.0 Å². The molecule has 2 heterocycles. The number of rotatable bonds is 4. The maximum absolute atomic E-state index is 13.3. The molecule has 3 rings (SSSR count). The molecule has 0 radical (unpaired) electrons. The van der Waals surface area contributed by atoms with Crippen molar-refractivity contribution in [2.24, 2.45) is 7.05 Å². The maximum Gasteiger partial charge on any atom is 0.417 e. The number of nitrogens with zero attached hydrogens (tertiary/aromatic N) is 3. The molecule has 0 unspecified atom stereocenters. The molecule has 132 valence electrons. The van der Waals surface area contributed by atoms with Crippen LogP contribution >= 0.6 is 0 Å². The molecule has 8 heteroatoms. The highest BCUT2D eigenvalue weighted by atomic mass is 19.4.